The molecule has 1 fully saturated rings. The highest BCUT2D eigenvalue weighted by molar-refractivity contribution is 5.35. The van der Waals surface area contributed by atoms with Crippen LogP contribution < -0.4 is 5.32 Å². The van der Waals surface area contributed by atoms with E-state index >= 15 is 0 Å². The van der Waals surface area contributed by atoms with E-state index in [4.69, 9.17) is 0 Å². The summed E-state index contributed by atoms with van der Waals surface area (Å²) in [6, 6.07) is 2.53. The van der Waals surface area contributed by atoms with Crippen LogP contribution in [0.2, 0.25) is 0 Å². The third-order valence-electron chi connectivity index (χ3n) is 4.96. The minimum atomic E-state index is 0.512. The van der Waals surface area contributed by atoms with Crippen LogP contribution in [-0.2, 0) is 19.5 Å². The molecule has 0 amide bonds. The SMILES string of the molecule is Cc1cc(NC2CCN(Cc3cnn4c3CCC4)CC2)ncn1. The van der Waals surface area contributed by atoms with Gasteiger partial charge in [0.25, 0.3) is 0 Å². The van der Waals surface area contributed by atoms with Gasteiger partial charge in [-0.3, -0.25) is 9.58 Å². The lowest BCUT2D eigenvalue weighted by atomic mass is 10.0. The van der Waals surface area contributed by atoms with Crippen LogP contribution in [0.25, 0.3) is 0 Å². The second-order valence-electron chi connectivity index (χ2n) is 6.68. The number of piperidine rings is 1. The molecule has 0 saturated carbocycles. The van der Waals surface area contributed by atoms with Crippen molar-refractivity contribution in [3.05, 3.63) is 35.5 Å². The second kappa shape index (κ2) is 6.28. The van der Waals surface area contributed by atoms with Crippen molar-refractivity contribution in [2.45, 2.75) is 51.7 Å². The smallest absolute Gasteiger partial charge is 0.129 e. The zero-order valence-corrected chi connectivity index (χ0v) is 13.7. The summed E-state index contributed by atoms with van der Waals surface area (Å²) in [7, 11) is 0. The Balaban J connectivity index is 1.30. The Morgan fingerprint density at radius 2 is 2.09 bits per heavy atom. The first-order valence-corrected chi connectivity index (χ1v) is 8.59. The van der Waals surface area contributed by atoms with Crippen LogP contribution in [0.5, 0.6) is 0 Å². The quantitative estimate of drug-likeness (QED) is 0.936. The number of aromatic nitrogens is 4. The molecule has 1 N–H and O–H groups in total. The second-order valence-corrected chi connectivity index (χ2v) is 6.68. The number of aryl methyl sites for hydroxylation is 2. The lowest BCUT2D eigenvalue weighted by Crippen LogP contribution is -2.38. The van der Waals surface area contributed by atoms with Crippen molar-refractivity contribution in [2.24, 2.45) is 0 Å². The number of nitrogens with zero attached hydrogens (tertiary/aromatic N) is 5. The molecular formula is C17H24N6. The van der Waals surface area contributed by atoms with Gasteiger partial charge in [0.05, 0.1) is 6.20 Å². The number of hydrogen-bond acceptors (Lipinski definition) is 5. The van der Waals surface area contributed by atoms with Crippen molar-refractivity contribution >= 4 is 5.82 Å². The number of hydrogen-bond donors (Lipinski definition) is 1. The largest absolute Gasteiger partial charge is 0.367 e. The number of anilines is 1. The van der Waals surface area contributed by atoms with Crippen LogP contribution in [0.4, 0.5) is 5.82 Å². The molecule has 23 heavy (non-hydrogen) atoms. The molecular weight excluding hydrogens is 288 g/mol. The van der Waals surface area contributed by atoms with E-state index in [2.05, 4.69) is 36.2 Å². The molecule has 2 aromatic rings. The van der Waals surface area contributed by atoms with Crippen LogP contribution in [0.1, 0.15) is 36.2 Å². The van der Waals surface area contributed by atoms with Gasteiger partial charge in [-0.25, -0.2) is 9.97 Å². The summed E-state index contributed by atoms with van der Waals surface area (Å²) in [5, 5.41) is 8.05. The van der Waals surface area contributed by atoms with Crippen LogP contribution in [0.15, 0.2) is 18.6 Å². The molecule has 2 aliphatic rings. The molecule has 2 aromatic heterocycles. The average molecular weight is 312 g/mol. The molecule has 6 nitrogen and oxygen atoms in total. The van der Waals surface area contributed by atoms with Gasteiger partial charge in [0.1, 0.15) is 12.1 Å². The molecule has 0 radical (unpaired) electrons. The molecule has 0 aromatic carbocycles. The number of rotatable bonds is 4. The maximum Gasteiger partial charge on any atom is 0.129 e. The topological polar surface area (TPSA) is 58.9 Å². The van der Waals surface area contributed by atoms with Gasteiger partial charge < -0.3 is 5.32 Å². The minimum Gasteiger partial charge on any atom is -0.367 e. The summed E-state index contributed by atoms with van der Waals surface area (Å²) < 4.78 is 2.18. The Morgan fingerprint density at radius 1 is 1.22 bits per heavy atom. The summed E-state index contributed by atoms with van der Waals surface area (Å²) in [6.07, 6.45) is 8.47. The van der Waals surface area contributed by atoms with E-state index in [1.807, 2.05) is 13.0 Å². The van der Waals surface area contributed by atoms with Crippen LogP contribution >= 0.6 is 0 Å². The average Bonchev–Trinajstić information content (AvgIpc) is 3.14. The fourth-order valence-corrected chi connectivity index (χ4v) is 3.68. The van der Waals surface area contributed by atoms with E-state index in [1.54, 1.807) is 6.33 Å². The maximum absolute atomic E-state index is 4.50. The Labute approximate surface area is 136 Å². The molecule has 4 heterocycles. The molecule has 6 heteroatoms. The third kappa shape index (κ3) is 3.22. The van der Waals surface area contributed by atoms with Gasteiger partial charge in [-0.05, 0) is 32.6 Å². The summed E-state index contributed by atoms with van der Waals surface area (Å²) in [4.78, 5) is 11.0. The first kappa shape index (κ1) is 14.6. The molecule has 0 atom stereocenters. The highest BCUT2D eigenvalue weighted by Gasteiger charge is 2.22. The zero-order chi connectivity index (χ0) is 15.6. The molecule has 4 rings (SSSR count). The van der Waals surface area contributed by atoms with Crippen molar-refractivity contribution in [2.75, 3.05) is 18.4 Å². The van der Waals surface area contributed by atoms with E-state index in [0.717, 1.165) is 50.5 Å². The molecule has 1 saturated heterocycles. The van der Waals surface area contributed by atoms with Crippen molar-refractivity contribution in [3.63, 3.8) is 0 Å². The molecule has 0 aliphatic carbocycles. The van der Waals surface area contributed by atoms with Crippen molar-refractivity contribution < 1.29 is 0 Å². The van der Waals surface area contributed by atoms with Crippen LogP contribution in [0, 0.1) is 6.92 Å². The van der Waals surface area contributed by atoms with Gasteiger partial charge in [-0.1, -0.05) is 0 Å². The lowest BCUT2D eigenvalue weighted by molar-refractivity contribution is 0.210. The first-order chi connectivity index (χ1) is 11.3. The Morgan fingerprint density at radius 3 is 2.91 bits per heavy atom. The van der Waals surface area contributed by atoms with Crippen molar-refractivity contribution in [3.8, 4) is 0 Å². The summed E-state index contributed by atoms with van der Waals surface area (Å²) in [5.74, 6) is 0.949. The predicted octanol–water partition coefficient (Wildman–Crippen LogP) is 2.00. The minimum absolute atomic E-state index is 0.512. The number of likely N-dealkylation sites (tertiary alicyclic amines) is 1. The monoisotopic (exact) mass is 312 g/mol. The Hall–Kier alpha value is -1.95. The molecule has 122 valence electrons. The summed E-state index contributed by atoms with van der Waals surface area (Å²) in [6.45, 7) is 6.41. The highest BCUT2D eigenvalue weighted by Crippen LogP contribution is 2.22. The normalized spacial score (nSPS) is 19.0. The molecule has 0 bridgehead atoms. The third-order valence-corrected chi connectivity index (χ3v) is 4.96. The maximum atomic E-state index is 4.50. The van der Waals surface area contributed by atoms with Gasteiger partial charge in [0.2, 0.25) is 0 Å². The van der Waals surface area contributed by atoms with E-state index in [0.29, 0.717) is 6.04 Å². The fourth-order valence-electron chi connectivity index (χ4n) is 3.68. The number of nitrogens with one attached hydrogen (secondary N) is 1. The standard InChI is InChI=1S/C17H24N6/c1-13-9-17(19-12-18-13)21-15-4-7-22(8-5-15)11-14-10-20-23-6-2-3-16(14)23/h9-10,12,15H,2-8,11H2,1H3,(H,18,19,21). The zero-order valence-electron chi connectivity index (χ0n) is 13.7. The van der Waals surface area contributed by atoms with Gasteiger partial charge in [0, 0.05) is 55.2 Å². The van der Waals surface area contributed by atoms with Gasteiger partial charge in [0.15, 0.2) is 0 Å². The number of fused-ring (bicyclic) bond motifs is 1. The predicted molar refractivity (Wildman–Crippen MR) is 89.2 cm³/mol. The Kier molecular flexibility index (Phi) is 3.99. The first-order valence-electron chi connectivity index (χ1n) is 8.59. The summed E-state index contributed by atoms with van der Waals surface area (Å²) >= 11 is 0. The fraction of sp³-hybridized carbons (Fsp3) is 0.588. The molecule has 0 unspecified atom stereocenters. The van der Waals surface area contributed by atoms with E-state index in [9.17, 15) is 0 Å². The lowest BCUT2D eigenvalue weighted by Gasteiger charge is -2.32. The highest BCUT2D eigenvalue weighted by atomic mass is 15.3. The van der Waals surface area contributed by atoms with Crippen LogP contribution in [-0.4, -0.2) is 43.8 Å². The van der Waals surface area contributed by atoms with Gasteiger partial charge >= 0.3 is 0 Å². The van der Waals surface area contributed by atoms with Crippen LogP contribution in [0.3, 0.4) is 0 Å². The van der Waals surface area contributed by atoms with E-state index in [1.165, 1.54) is 24.1 Å². The van der Waals surface area contributed by atoms with Gasteiger partial charge in [-0.15, -0.1) is 0 Å². The van der Waals surface area contributed by atoms with Gasteiger partial charge in [-0.2, -0.15) is 5.10 Å². The molecule has 0 spiro atoms. The van der Waals surface area contributed by atoms with Crippen molar-refractivity contribution in [1.29, 1.82) is 0 Å². The van der Waals surface area contributed by atoms with Crippen molar-refractivity contribution in [1.82, 2.24) is 24.6 Å². The Bertz CT molecular complexity index is 671. The van der Waals surface area contributed by atoms with E-state index in [-0.39, 0.29) is 0 Å². The molecule has 2 aliphatic heterocycles. The summed E-state index contributed by atoms with van der Waals surface area (Å²) in [5.41, 5.74) is 3.90. The van der Waals surface area contributed by atoms with E-state index < -0.39 is 0 Å².